The zero-order valence-electron chi connectivity index (χ0n) is 10.9. The molecule has 5 nitrogen and oxygen atoms in total. The first-order chi connectivity index (χ1) is 7.84. The molecule has 1 aliphatic rings. The van der Waals surface area contributed by atoms with Crippen molar-refractivity contribution in [2.24, 2.45) is 17.8 Å². The number of rotatable bonds is 6. The molecule has 0 heterocycles. The summed E-state index contributed by atoms with van der Waals surface area (Å²) >= 11 is 0. The van der Waals surface area contributed by atoms with Gasteiger partial charge < -0.3 is 15.3 Å². The Bertz CT molecular complexity index is 294. The molecule has 17 heavy (non-hydrogen) atoms. The van der Waals surface area contributed by atoms with Crippen molar-refractivity contribution in [1.82, 2.24) is 10.2 Å². The van der Waals surface area contributed by atoms with E-state index in [1.807, 2.05) is 14.1 Å². The van der Waals surface area contributed by atoms with E-state index in [2.05, 4.69) is 24.1 Å². The van der Waals surface area contributed by atoms with Gasteiger partial charge in [-0.1, -0.05) is 13.8 Å². The number of carboxylic acids is 1. The maximum atomic E-state index is 11.7. The van der Waals surface area contributed by atoms with Crippen LogP contribution in [0.15, 0.2) is 0 Å². The Labute approximate surface area is 102 Å². The van der Waals surface area contributed by atoms with Crippen LogP contribution in [0.25, 0.3) is 0 Å². The largest absolute Gasteiger partial charge is 0.481 e. The molecule has 0 bridgehead atoms. The van der Waals surface area contributed by atoms with E-state index in [0.29, 0.717) is 18.9 Å². The van der Waals surface area contributed by atoms with Gasteiger partial charge in [-0.2, -0.15) is 0 Å². The van der Waals surface area contributed by atoms with Gasteiger partial charge in [-0.25, -0.2) is 0 Å². The number of carbonyl (C=O) groups excluding carboxylic acids is 1. The number of carbonyl (C=O) groups is 2. The predicted octanol–water partition coefficient (Wildman–Crippen LogP) is 0.410. The van der Waals surface area contributed by atoms with Crippen LogP contribution >= 0.6 is 0 Å². The molecule has 1 rings (SSSR count). The maximum Gasteiger partial charge on any atom is 0.307 e. The average Bonchev–Trinajstić information content (AvgIpc) is 2.95. The van der Waals surface area contributed by atoms with Crippen LogP contribution in [0.1, 0.15) is 20.3 Å². The molecule has 5 heteroatoms. The fourth-order valence-electron chi connectivity index (χ4n) is 2.11. The number of carboxylic acid groups (broad SMARTS) is 1. The van der Waals surface area contributed by atoms with Crippen molar-refractivity contribution in [3.8, 4) is 0 Å². The van der Waals surface area contributed by atoms with E-state index in [-0.39, 0.29) is 17.9 Å². The molecule has 0 saturated heterocycles. The summed E-state index contributed by atoms with van der Waals surface area (Å²) in [5.41, 5.74) is 0. The Morgan fingerprint density at radius 3 is 2.29 bits per heavy atom. The Kier molecular flexibility index (Phi) is 4.51. The van der Waals surface area contributed by atoms with Gasteiger partial charge in [0.05, 0.1) is 11.8 Å². The summed E-state index contributed by atoms with van der Waals surface area (Å²) < 4.78 is 0. The molecular weight excluding hydrogens is 220 g/mol. The van der Waals surface area contributed by atoms with E-state index in [1.54, 1.807) is 0 Å². The second kappa shape index (κ2) is 5.49. The van der Waals surface area contributed by atoms with Gasteiger partial charge in [0.25, 0.3) is 0 Å². The number of likely N-dealkylation sites (N-methyl/N-ethyl adjacent to an activating group) is 1. The first kappa shape index (κ1) is 14.0. The summed E-state index contributed by atoms with van der Waals surface area (Å²) in [5, 5.41) is 11.6. The van der Waals surface area contributed by atoms with Gasteiger partial charge in [0.2, 0.25) is 5.91 Å². The first-order valence-electron chi connectivity index (χ1n) is 6.01. The van der Waals surface area contributed by atoms with E-state index in [9.17, 15) is 9.59 Å². The average molecular weight is 242 g/mol. The van der Waals surface area contributed by atoms with Gasteiger partial charge in [0.1, 0.15) is 0 Å². The summed E-state index contributed by atoms with van der Waals surface area (Å²) in [5.74, 6) is -1.32. The molecular formula is C12H22N2O3. The quantitative estimate of drug-likeness (QED) is 0.708. The molecule has 98 valence electrons. The van der Waals surface area contributed by atoms with Crippen LogP contribution in [0, 0.1) is 17.8 Å². The molecule has 1 saturated carbocycles. The molecule has 1 aliphatic carbocycles. The first-order valence-corrected chi connectivity index (χ1v) is 6.01. The molecule has 0 aromatic heterocycles. The smallest absolute Gasteiger partial charge is 0.307 e. The number of hydrogen-bond donors (Lipinski definition) is 2. The lowest BCUT2D eigenvalue weighted by molar-refractivity contribution is -0.140. The van der Waals surface area contributed by atoms with Crippen molar-refractivity contribution in [3.63, 3.8) is 0 Å². The predicted molar refractivity (Wildman–Crippen MR) is 64.6 cm³/mol. The summed E-state index contributed by atoms with van der Waals surface area (Å²) in [7, 11) is 3.96. The minimum atomic E-state index is -0.863. The monoisotopic (exact) mass is 242 g/mol. The van der Waals surface area contributed by atoms with E-state index >= 15 is 0 Å². The van der Waals surface area contributed by atoms with Crippen LogP contribution < -0.4 is 5.32 Å². The van der Waals surface area contributed by atoms with Gasteiger partial charge >= 0.3 is 5.97 Å². The Morgan fingerprint density at radius 1 is 1.35 bits per heavy atom. The van der Waals surface area contributed by atoms with Gasteiger partial charge in [-0.3, -0.25) is 9.59 Å². The highest BCUT2D eigenvalue weighted by atomic mass is 16.4. The third-order valence-corrected chi connectivity index (χ3v) is 3.36. The summed E-state index contributed by atoms with van der Waals surface area (Å²) in [6, 6.07) is 0.279. The third-order valence-electron chi connectivity index (χ3n) is 3.36. The highest BCUT2D eigenvalue weighted by molar-refractivity contribution is 5.89. The molecule has 0 spiro atoms. The fraction of sp³-hybridized carbons (Fsp3) is 0.833. The Balaban J connectivity index is 2.36. The lowest BCUT2D eigenvalue weighted by atomic mass is 10.0. The molecule has 1 amide bonds. The number of amides is 1. The minimum Gasteiger partial charge on any atom is -0.481 e. The normalized spacial score (nSPS) is 24.8. The van der Waals surface area contributed by atoms with E-state index in [0.717, 1.165) is 0 Å². The van der Waals surface area contributed by atoms with Crippen LogP contribution in [0.2, 0.25) is 0 Å². The maximum absolute atomic E-state index is 11.7. The van der Waals surface area contributed by atoms with E-state index < -0.39 is 11.9 Å². The van der Waals surface area contributed by atoms with Gasteiger partial charge in [0.15, 0.2) is 0 Å². The van der Waals surface area contributed by atoms with Gasteiger partial charge in [-0.05, 0) is 26.4 Å². The van der Waals surface area contributed by atoms with Gasteiger partial charge in [-0.15, -0.1) is 0 Å². The van der Waals surface area contributed by atoms with Crippen LogP contribution in [-0.2, 0) is 9.59 Å². The Morgan fingerprint density at radius 2 is 1.94 bits per heavy atom. The van der Waals surface area contributed by atoms with Crippen LogP contribution in [0.4, 0.5) is 0 Å². The van der Waals surface area contributed by atoms with Crippen molar-refractivity contribution in [2.75, 3.05) is 20.6 Å². The van der Waals surface area contributed by atoms with Crippen LogP contribution in [0.3, 0.4) is 0 Å². The SMILES string of the molecule is CC(C)C(CNC(=O)C1CC1C(=O)O)N(C)C. The van der Waals surface area contributed by atoms with Crippen molar-refractivity contribution in [2.45, 2.75) is 26.3 Å². The zero-order valence-corrected chi connectivity index (χ0v) is 10.9. The fourth-order valence-corrected chi connectivity index (χ4v) is 2.11. The van der Waals surface area contributed by atoms with Crippen molar-refractivity contribution < 1.29 is 14.7 Å². The second-order valence-corrected chi connectivity index (χ2v) is 5.31. The van der Waals surface area contributed by atoms with Crippen LogP contribution in [-0.4, -0.2) is 48.6 Å². The second-order valence-electron chi connectivity index (χ2n) is 5.31. The number of nitrogens with one attached hydrogen (secondary N) is 1. The van der Waals surface area contributed by atoms with E-state index in [4.69, 9.17) is 5.11 Å². The van der Waals surface area contributed by atoms with Gasteiger partial charge in [0, 0.05) is 12.6 Å². The van der Waals surface area contributed by atoms with E-state index in [1.165, 1.54) is 0 Å². The lowest BCUT2D eigenvalue weighted by Gasteiger charge is -2.28. The van der Waals surface area contributed by atoms with Crippen molar-refractivity contribution in [3.05, 3.63) is 0 Å². The molecule has 0 aliphatic heterocycles. The standard InChI is InChI=1S/C12H22N2O3/c1-7(2)10(14(3)4)6-13-11(15)8-5-9(8)12(16)17/h7-10H,5-6H2,1-4H3,(H,13,15)(H,16,17). The molecule has 2 N–H and O–H groups in total. The third kappa shape index (κ3) is 3.70. The number of nitrogens with zero attached hydrogens (tertiary/aromatic N) is 1. The summed E-state index contributed by atoms with van der Waals surface area (Å²) in [4.78, 5) is 24.4. The molecule has 0 aromatic carbocycles. The molecule has 0 radical (unpaired) electrons. The topological polar surface area (TPSA) is 69.6 Å². The molecule has 0 aromatic rings. The summed E-state index contributed by atoms with van der Waals surface area (Å²) in [6.45, 7) is 4.79. The number of hydrogen-bond acceptors (Lipinski definition) is 3. The van der Waals surface area contributed by atoms with Crippen LogP contribution in [0.5, 0.6) is 0 Å². The minimum absolute atomic E-state index is 0.120. The lowest BCUT2D eigenvalue weighted by Crippen LogP contribution is -2.44. The Hall–Kier alpha value is -1.10. The molecule has 3 atom stereocenters. The number of aliphatic carboxylic acids is 1. The zero-order chi connectivity index (χ0) is 13.2. The van der Waals surface area contributed by atoms with Crippen molar-refractivity contribution in [1.29, 1.82) is 0 Å². The van der Waals surface area contributed by atoms with Crippen molar-refractivity contribution >= 4 is 11.9 Å². The highest BCUT2D eigenvalue weighted by Crippen LogP contribution is 2.38. The molecule has 3 unspecified atom stereocenters. The molecule has 1 fully saturated rings. The highest BCUT2D eigenvalue weighted by Gasteiger charge is 2.48. The summed E-state index contributed by atoms with van der Waals surface area (Å²) in [6.07, 6.45) is 0.482.